The van der Waals surface area contributed by atoms with Gasteiger partial charge in [-0.25, -0.2) is 4.79 Å². The van der Waals surface area contributed by atoms with Crippen molar-refractivity contribution in [3.63, 3.8) is 0 Å². The van der Waals surface area contributed by atoms with Crippen molar-refractivity contribution in [1.29, 1.82) is 0 Å². The summed E-state index contributed by atoms with van der Waals surface area (Å²) in [7, 11) is 1.55. The molecule has 1 fully saturated rings. The smallest absolute Gasteiger partial charge is 0.338 e. The average molecular weight is 384 g/mol. The van der Waals surface area contributed by atoms with Crippen LogP contribution in [0.1, 0.15) is 15.9 Å². The Labute approximate surface area is 164 Å². The molecule has 1 aliphatic heterocycles. The van der Waals surface area contributed by atoms with Gasteiger partial charge in [-0.1, -0.05) is 18.2 Å². The van der Waals surface area contributed by atoms with Crippen molar-refractivity contribution >= 4 is 17.6 Å². The zero-order chi connectivity index (χ0) is 19.8. The monoisotopic (exact) mass is 384 g/mol. The molecule has 1 amide bonds. The standard InChI is InChI=1S/C21H24N2O5/c1-26-19-4-2-3-18(13-19)22-20(24)15-28-21(25)17-7-5-16(6-8-17)14-23-9-11-27-12-10-23/h2-8,13H,9-12,14-15H2,1H3,(H,22,24). The number of hydrogen-bond donors (Lipinski definition) is 1. The van der Waals surface area contributed by atoms with E-state index in [-0.39, 0.29) is 6.61 Å². The molecule has 7 nitrogen and oxygen atoms in total. The van der Waals surface area contributed by atoms with E-state index in [1.165, 1.54) is 0 Å². The summed E-state index contributed by atoms with van der Waals surface area (Å²) in [4.78, 5) is 26.4. The highest BCUT2D eigenvalue weighted by atomic mass is 16.5. The summed E-state index contributed by atoms with van der Waals surface area (Å²) in [5.41, 5.74) is 2.11. The third-order valence-corrected chi connectivity index (χ3v) is 4.39. The van der Waals surface area contributed by atoms with E-state index in [0.29, 0.717) is 17.0 Å². The van der Waals surface area contributed by atoms with Crippen LogP contribution in [0.3, 0.4) is 0 Å². The number of carbonyl (C=O) groups is 2. The molecule has 2 aromatic rings. The Bertz CT molecular complexity index is 801. The van der Waals surface area contributed by atoms with Crippen LogP contribution < -0.4 is 10.1 Å². The van der Waals surface area contributed by atoms with E-state index in [9.17, 15) is 9.59 Å². The Hall–Kier alpha value is -2.90. The minimum atomic E-state index is -0.529. The molecule has 2 aromatic carbocycles. The maximum atomic E-state index is 12.2. The molecule has 7 heteroatoms. The lowest BCUT2D eigenvalue weighted by molar-refractivity contribution is -0.119. The van der Waals surface area contributed by atoms with Gasteiger partial charge in [-0.15, -0.1) is 0 Å². The number of methoxy groups -OCH3 is 1. The molecule has 0 spiro atoms. The number of benzene rings is 2. The van der Waals surface area contributed by atoms with Crippen LogP contribution in [0.25, 0.3) is 0 Å². The van der Waals surface area contributed by atoms with E-state index in [1.54, 1.807) is 43.5 Å². The first-order valence-electron chi connectivity index (χ1n) is 9.14. The van der Waals surface area contributed by atoms with Gasteiger partial charge in [0.05, 0.1) is 25.9 Å². The van der Waals surface area contributed by atoms with Crippen LogP contribution in [0.2, 0.25) is 0 Å². The van der Waals surface area contributed by atoms with Crippen LogP contribution in [-0.2, 0) is 20.8 Å². The molecule has 0 saturated carbocycles. The van der Waals surface area contributed by atoms with Gasteiger partial charge in [0.1, 0.15) is 5.75 Å². The highest BCUT2D eigenvalue weighted by Gasteiger charge is 2.13. The zero-order valence-corrected chi connectivity index (χ0v) is 15.8. The number of esters is 1. The van der Waals surface area contributed by atoms with E-state index >= 15 is 0 Å². The van der Waals surface area contributed by atoms with Crippen LogP contribution in [0.15, 0.2) is 48.5 Å². The van der Waals surface area contributed by atoms with Gasteiger partial charge in [-0.2, -0.15) is 0 Å². The van der Waals surface area contributed by atoms with E-state index in [0.717, 1.165) is 38.4 Å². The third-order valence-electron chi connectivity index (χ3n) is 4.39. The Balaban J connectivity index is 1.46. The predicted octanol–water partition coefficient (Wildman–Crippen LogP) is 2.32. The molecule has 1 aliphatic rings. The molecular weight excluding hydrogens is 360 g/mol. The molecule has 28 heavy (non-hydrogen) atoms. The quantitative estimate of drug-likeness (QED) is 0.739. The number of ether oxygens (including phenoxy) is 3. The van der Waals surface area contributed by atoms with E-state index in [1.807, 2.05) is 12.1 Å². The van der Waals surface area contributed by atoms with Crippen molar-refractivity contribution in [3.05, 3.63) is 59.7 Å². The van der Waals surface area contributed by atoms with Crippen molar-refractivity contribution in [2.24, 2.45) is 0 Å². The summed E-state index contributed by atoms with van der Waals surface area (Å²) in [5.74, 6) is -0.309. The molecular formula is C21H24N2O5. The Morgan fingerprint density at radius 1 is 1.11 bits per heavy atom. The van der Waals surface area contributed by atoms with Crippen LogP contribution in [0.5, 0.6) is 5.75 Å². The number of morpholine rings is 1. The number of hydrogen-bond acceptors (Lipinski definition) is 6. The minimum Gasteiger partial charge on any atom is -0.497 e. The summed E-state index contributed by atoms with van der Waals surface area (Å²) < 4.78 is 15.5. The SMILES string of the molecule is COc1cccc(NC(=O)COC(=O)c2ccc(CN3CCOCC3)cc2)c1. The van der Waals surface area contributed by atoms with Crippen LogP contribution in [0, 0.1) is 0 Å². The Kier molecular flexibility index (Phi) is 7.00. The molecule has 1 saturated heterocycles. The fraction of sp³-hybridized carbons (Fsp3) is 0.333. The van der Waals surface area contributed by atoms with E-state index in [2.05, 4.69) is 10.2 Å². The second-order valence-corrected chi connectivity index (χ2v) is 6.44. The molecule has 3 rings (SSSR count). The maximum absolute atomic E-state index is 12.2. The number of amides is 1. The van der Waals surface area contributed by atoms with Crippen molar-refractivity contribution < 1.29 is 23.8 Å². The lowest BCUT2D eigenvalue weighted by Gasteiger charge is -2.26. The number of anilines is 1. The molecule has 0 radical (unpaired) electrons. The van der Waals surface area contributed by atoms with E-state index < -0.39 is 11.9 Å². The van der Waals surface area contributed by atoms with Gasteiger partial charge >= 0.3 is 5.97 Å². The van der Waals surface area contributed by atoms with Crippen molar-refractivity contribution in [3.8, 4) is 5.75 Å². The van der Waals surface area contributed by atoms with E-state index in [4.69, 9.17) is 14.2 Å². The molecule has 0 aliphatic carbocycles. The minimum absolute atomic E-state index is 0.356. The van der Waals surface area contributed by atoms with Crippen molar-refractivity contribution in [1.82, 2.24) is 4.90 Å². The fourth-order valence-corrected chi connectivity index (χ4v) is 2.88. The van der Waals surface area contributed by atoms with Gasteiger partial charge < -0.3 is 19.5 Å². The van der Waals surface area contributed by atoms with Gasteiger partial charge in [0, 0.05) is 31.4 Å². The highest BCUT2D eigenvalue weighted by molar-refractivity contribution is 5.95. The molecule has 0 aromatic heterocycles. The topological polar surface area (TPSA) is 77.1 Å². The van der Waals surface area contributed by atoms with Gasteiger partial charge in [0.2, 0.25) is 0 Å². The van der Waals surface area contributed by atoms with Gasteiger partial charge in [0.15, 0.2) is 6.61 Å². The first-order chi connectivity index (χ1) is 13.6. The summed E-state index contributed by atoms with van der Waals surface area (Å²) in [6, 6.07) is 14.2. The average Bonchev–Trinajstić information content (AvgIpc) is 2.73. The number of carbonyl (C=O) groups excluding carboxylic acids is 2. The summed E-state index contributed by atoms with van der Waals surface area (Å²) >= 11 is 0. The molecule has 0 bridgehead atoms. The molecule has 148 valence electrons. The first kappa shape index (κ1) is 19.9. The Morgan fingerprint density at radius 3 is 2.57 bits per heavy atom. The lowest BCUT2D eigenvalue weighted by atomic mass is 10.1. The third kappa shape index (κ3) is 5.80. The highest BCUT2D eigenvalue weighted by Crippen LogP contribution is 2.16. The second kappa shape index (κ2) is 9.87. The molecule has 1 heterocycles. The second-order valence-electron chi connectivity index (χ2n) is 6.44. The maximum Gasteiger partial charge on any atom is 0.338 e. The summed E-state index contributed by atoms with van der Waals surface area (Å²) in [6.07, 6.45) is 0. The molecule has 0 unspecified atom stereocenters. The number of rotatable bonds is 7. The van der Waals surface area contributed by atoms with Crippen molar-refractivity contribution in [2.75, 3.05) is 45.3 Å². The van der Waals surface area contributed by atoms with Crippen LogP contribution in [-0.4, -0.2) is 56.8 Å². The van der Waals surface area contributed by atoms with Crippen molar-refractivity contribution in [2.45, 2.75) is 6.54 Å². The number of nitrogens with zero attached hydrogens (tertiary/aromatic N) is 1. The van der Waals surface area contributed by atoms with Crippen LogP contribution >= 0.6 is 0 Å². The Morgan fingerprint density at radius 2 is 1.86 bits per heavy atom. The molecule has 0 atom stereocenters. The number of nitrogens with one attached hydrogen (secondary N) is 1. The fourth-order valence-electron chi connectivity index (χ4n) is 2.88. The largest absolute Gasteiger partial charge is 0.497 e. The van der Waals surface area contributed by atoms with Crippen LogP contribution in [0.4, 0.5) is 5.69 Å². The van der Waals surface area contributed by atoms with Gasteiger partial charge in [-0.05, 0) is 29.8 Å². The van der Waals surface area contributed by atoms with Gasteiger partial charge in [0.25, 0.3) is 5.91 Å². The lowest BCUT2D eigenvalue weighted by Crippen LogP contribution is -2.35. The zero-order valence-electron chi connectivity index (χ0n) is 15.8. The first-order valence-corrected chi connectivity index (χ1v) is 9.14. The van der Waals surface area contributed by atoms with Gasteiger partial charge in [-0.3, -0.25) is 9.69 Å². The summed E-state index contributed by atoms with van der Waals surface area (Å²) in [5, 5.41) is 2.67. The predicted molar refractivity (Wildman–Crippen MR) is 104 cm³/mol. The normalized spacial score (nSPS) is 14.3. The molecule has 1 N–H and O–H groups in total. The summed E-state index contributed by atoms with van der Waals surface area (Å²) in [6.45, 7) is 3.79.